The molecule has 2 heterocycles. The van der Waals surface area contributed by atoms with Crippen LogP contribution in [0.15, 0.2) is 0 Å². The maximum atomic E-state index is 9.36. The van der Waals surface area contributed by atoms with Gasteiger partial charge in [-0.05, 0) is 25.7 Å². The highest BCUT2D eigenvalue weighted by molar-refractivity contribution is 7.15. The summed E-state index contributed by atoms with van der Waals surface area (Å²) >= 11 is 1.63. The highest BCUT2D eigenvalue weighted by atomic mass is 32.1. The van der Waals surface area contributed by atoms with Gasteiger partial charge in [0.2, 0.25) is 0 Å². The Balaban J connectivity index is 2.02. The van der Waals surface area contributed by atoms with E-state index in [-0.39, 0.29) is 6.61 Å². The molecular weight excluding hydrogens is 260 g/mol. The van der Waals surface area contributed by atoms with Crippen LogP contribution >= 0.6 is 11.3 Å². The van der Waals surface area contributed by atoms with Crippen molar-refractivity contribution in [1.29, 1.82) is 0 Å². The molecule has 0 bridgehead atoms. The summed E-state index contributed by atoms with van der Waals surface area (Å²) in [6.45, 7) is 7.15. The number of ether oxygens (including phenoxy) is 1. The highest BCUT2D eigenvalue weighted by Gasteiger charge is 2.23. The summed E-state index contributed by atoms with van der Waals surface area (Å²) in [5.74, 6) is 0. The molecule has 5 heteroatoms. The first-order valence-electron chi connectivity index (χ1n) is 7.24. The third-order valence-electron chi connectivity index (χ3n) is 3.45. The van der Waals surface area contributed by atoms with Crippen molar-refractivity contribution in [3.63, 3.8) is 0 Å². The Hall–Kier alpha value is -0.650. The van der Waals surface area contributed by atoms with E-state index in [0.29, 0.717) is 6.10 Å². The number of thiazole rings is 1. The van der Waals surface area contributed by atoms with Crippen LogP contribution in [0.5, 0.6) is 0 Å². The van der Waals surface area contributed by atoms with Crippen LogP contribution in [0.1, 0.15) is 43.7 Å². The van der Waals surface area contributed by atoms with Gasteiger partial charge < -0.3 is 14.7 Å². The van der Waals surface area contributed by atoms with Crippen molar-refractivity contribution in [2.24, 2.45) is 0 Å². The molecule has 0 amide bonds. The van der Waals surface area contributed by atoms with Crippen molar-refractivity contribution in [3.8, 4) is 0 Å². The topological polar surface area (TPSA) is 45.6 Å². The molecule has 0 spiro atoms. The van der Waals surface area contributed by atoms with Crippen LogP contribution in [0, 0.1) is 0 Å². The normalized spacial score (nSPS) is 19.9. The largest absolute Gasteiger partial charge is 0.391 e. The molecule has 0 aliphatic carbocycles. The lowest BCUT2D eigenvalue weighted by Crippen LogP contribution is -2.39. The first kappa shape index (κ1) is 14.8. The second-order valence-corrected chi connectivity index (χ2v) is 6.02. The van der Waals surface area contributed by atoms with E-state index in [9.17, 15) is 5.11 Å². The number of anilines is 1. The second-order valence-electron chi connectivity index (χ2n) is 4.96. The van der Waals surface area contributed by atoms with E-state index in [1.54, 1.807) is 11.3 Å². The number of aryl methyl sites for hydroxylation is 1. The molecule has 1 aromatic rings. The van der Waals surface area contributed by atoms with Gasteiger partial charge in [0.1, 0.15) is 0 Å². The van der Waals surface area contributed by atoms with Gasteiger partial charge in [-0.25, -0.2) is 4.98 Å². The summed E-state index contributed by atoms with van der Waals surface area (Å²) in [7, 11) is 0. The summed E-state index contributed by atoms with van der Waals surface area (Å²) < 4.78 is 5.86. The zero-order chi connectivity index (χ0) is 13.7. The SMILES string of the molecule is CCCOC1CCCN(c2nc(CC)c(CO)s2)C1. The molecule has 0 saturated carbocycles. The molecule has 1 saturated heterocycles. The average Bonchev–Trinajstić information content (AvgIpc) is 2.88. The van der Waals surface area contributed by atoms with Crippen LogP contribution in [-0.4, -0.2) is 35.9 Å². The Morgan fingerprint density at radius 3 is 2.95 bits per heavy atom. The third kappa shape index (κ3) is 3.68. The lowest BCUT2D eigenvalue weighted by atomic mass is 10.1. The first-order valence-corrected chi connectivity index (χ1v) is 8.06. The van der Waals surface area contributed by atoms with Gasteiger partial charge in [0, 0.05) is 19.7 Å². The zero-order valence-electron chi connectivity index (χ0n) is 11.9. The monoisotopic (exact) mass is 284 g/mol. The number of rotatable bonds is 6. The van der Waals surface area contributed by atoms with Gasteiger partial charge in [-0.2, -0.15) is 0 Å². The Morgan fingerprint density at radius 1 is 1.47 bits per heavy atom. The van der Waals surface area contributed by atoms with Crippen molar-refractivity contribution in [2.75, 3.05) is 24.6 Å². The lowest BCUT2D eigenvalue weighted by Gasteiger charge is -2.32. The summed E-state index contributed by atoms with van der Waals surface area (Å²) in [4.78, 5) is 7.99. The zero-order valence-corrected chi connectivity index (χ0v) is 12.7. The minimum Gasteiger partial charge on any atom is -0.391 e. The Kier molecular flexibility index (Phi) is 5.60. The van der Waals surface area contributed by atoms with Crippen molar-refractivity contribution < 1.29 is 9.84 Å². The van der Waals surface area contributed by atoms with Crippen LogP contribution in [-0.2, 0) is 17.8 Å². The molecule has 0 radical (unpaired) electrons. The molecule has 19 heavy (non-hydrogen) atoms. The van der Waals surface area contributed by atoms with Crippen molar-refractivity contribution in [1.82, 2.24) is 4.98 Å². The first-order chi connectivity index (χ1) is 9.28. The highest BCUT2D eigenvalue weighted by Crippen LogP contribution is 2.29. The van der Waals surface area contributed by atoms with Crippen molar-refractivity contribution in [3.05, 3.63) is 10.6 Å². The summed E-state index contributed by atoms with van der Waals surface area (Å²) in [5.41, 5.74) is 1.04. The molecule has 1 aromatic heterocycles. The van der Waals surface area contributed by atoms with Gasteiger partial charge >= 0.3 is 0 Å². The van der Waals surface area contributed by atoms with E-state index >= 15 is 0 Å². The van der Waals surface area contributed by atoms with Crippen LogP contribution in [0.4, 0.5) is 5.13 Å². The maximum Gasteiger partial charge on any atom is 0.185 e. The molecule has 0 aromatic carbocycles. The minimum absolute atomic E-state index is 0.102. The molecule has 1 atom stereocenters. The summed E-state index contributed by atoms with van der Waals surface area (Å²) in [6, 6.07) is 0. The van der Waals surface area contributed by atoms with Crippen LogP contribution in [0.3, 0.4) is 0 Å². The fourth-order valence-electron chi connectivity index (χ4n) is 2.44. The van der Waals surface area contributed by atoms with Crippen molar-refractivity contribution in [2.45, 2.75) is 52.2 Å². The van der Waals surface area contributed by atoms with Gasteiger partial charge in [-0.1, -0.05) is 25.2 Å². The number of hydrogen-bond acceptors (Lipinski definition) is 5. The molecule has 1 aliphatic rings. The van der Waals surface area contributed by atoms with Crippen LogP contribution in [0.2, 0.25) is 0 Å². The van der Waals surface area contributed by atoms with E-state index in [0.717, 1.165) is 61.1 Å². The Bertz CT molecular complexity index is 373. The van der Waals surface area contributed by atoms with Gasteiger partial charge in [0.15, 0.2) is 5.13 Å². The molecule has 108 valence electrons. The molecule has 1 fully saturated rings. The number of aliphatic hydroxyl groups excluding tert-OH is 1. The van der Waals surface area contributed by atoms with E-state index in [4.69, 9.17) is 4.74 Å². The lowest BCUT2D eigenvalue weighted by molar-refractivity contribution is 0.0440. The van der Waals surface area contributed by atoms with Crippen LogP contribution in [0.25, 0.3) is 0 Å². The number of nitrogens with zero attached hydrogens (tertiary/aromatic N) is 2. The fourth-order valence-corrected chi connectivity index (χ4v) is 3.48. The number of hydrogen-bond donors (Lipinski definition) is 1. The maximum absolute atomic E-state index is 9.36. The predicted molar refractivity (Wildman–Crippen MR) is 78.9 cm³/mol. The van der Waals surface area contributed by atoms with Crippen LogP contribution < -0.4 is 4.90 Å². The average molecular weight is 284 g/mol. The Morgan fingerprint density at radius 2 is 2.32 bits per heavy atom. The van der Waals surface area contributed by atoms with E-state index < -0.39 is 0 Å². The number of aromatic nitrogens is 1. The summed E-state index contributed by atoms with van der Waals surface area (Å²) in [5, 5.41) is 10.4. The molecule has 4 nitrogen and oxygen atoms in total. The number of piperidine rings is 1. The van der Waals surface area contributed by atoms with Gasteiger partial charge in [-0.3, -0.25) is 0 Å². The van der Waals surface area contributed by atoms with Crippen molar-refractivity contribution >= 4 is 16.5 Å². The summed E-state index contributed by atoms with van der Waals surface area (Å²) in [6.07, 6.45) is 4.60. The molecule has 1 unspecified atom stereocenters. The van der Waals surface area contributed by atoms with E-state index in [2.05, 4.69) is 23.7 Å². The molecule has 1 aliphatic heterocycles. The standard InChI is InChI=1S/C14H24N2O2S/c1-3-8-18-11-6-5-7-16(9-11)14-15-12(4-2)13(10-17)19-14/h11,17H,3-10H2,1-2H3. The van der Waals surface area contributed by atoms with Gasteiger partial charge in [0.05, 0.1) is 23.3 Å². The Labute approximate surface area is 119 Å². The predicted octanol–water partition coefficient (Wildman–Crippen LogP) is 2.59. The quantitative estimate of drug-likeness (QED) is 0.872. The third-order valence-corrected chi connectivity index (χ3v) is 4.59. The molecule has 2 rings (SSSR count). The number of aliphatic hydroxyl groups is 1. The molecular formula is C14H24N2O2S. The van der Waals surface area contributed by atoms with Gasteiger partial charge in [-0.15, -0.1) is 0 Å². The van der Waals surface area contributed by atoms with E-state index in [1.165, 1.54) is 0 Å². The molecule has 1 N–H and O–H groups in total. The minimum atomic E-state index is 0.102. The smallest absolute Gasteiger partial charge is 0.185 e. The second kappa shape index (κ2) is 7.22. The fraction of sp³-hybridized carbons (Fsp3) is 0.786. The van der Waals surface area contributed by atoms with E-state index in [1.807, 2.05) is 0 Å². The van der Waals surface area contributed by atoms with Gasteiger partial charge in [0.25, 0.3) is 0 Å².